The molecule has 4 N–H and O–H groups in total. The van der Waals surface area contributed by atoms with Crippen molar-refractivity contribution in [3.05, 3.63) is 130 Å². The molecule has 0 atom stereocenters. The van der Waals surface area contributed by atoms with Gasteiger partial charge < -0.3 is 25.6 Å². The number of benzene rings is 3. The second-order valence-electron chi connectivity index (χ2n) is 10.8. The van der Waals surface area contributed by atoms with Gasteiger partial charge in [0.1, 0.15) is 5.57 Å². The van der Waals surface area contributed by atoms with Crippen molar-refractivity contribution in [3.8, 4) is 17.4 Å². The minimum atomic E-state index is -0.857. The van der Waals surface area contributed by atoms with Crippen molar-refractivity contribution in [2.75, 3.05) is 29.2 Å². The molecule has 50 heavy (non-hydrogen) atoms. The molecule has 1 aliphatic heterocycles. The third-order valence-corrected chi connectivity index (χ3v) is 7.24. The van der Waals surface area contributed by atoms with Gasteiger partial charge in [-0.3, -0.25) is 9.59 Å². The van der Waals surface area contributed by atoms with Gasteiger partial charge in [0.15, 0.2) is 0 Å². The average Bonchev–Trinajstić information content (AvgIpc) is 3.08. The summed E-state index contributed by atoms with van der Waals surface area (Å²) in [6.07, 6.45) is 6.20. The highest BCUT2D eigenvalue weighted by molar-refractivity contribution is 6.36. The smallest absolute Gasteiger partial charge is 0.358 e. The summed E-state index contributed by atoms with van der Waals surface area (Å²) in [5, 5.41) is 13.9. The number of aromatic nitrogens is 2. The average molecular weight is 675 g/mol. The number of nitrogen functional groups attached to an aromatic ring is 1. The zero-order valence-electron chi connectivity index (χ0n) is 27.5. The van der Waals surface area contributed by atoms with Crippen molar-refractivity contribution in [1.29, 1.82) is 0 Å². The Morgan fingerprint density at radius 3 is 2.38 bits per heavy atom. The third kappa shape index (κ3) is 7.68. The quantitative estimate of drug-likeness (QED) is 0.109. The summed E-state index contributed by atoms with van der Waals surface area (Å²) >= 11 is 0. The number of hydrogen-bond acceptors (Lipinski definition) is 9. The first-order valence-corrected chi connectivity index (χ1v) is 15.6. The van der Waals surface area contributed by atoms with Crippen LogP contribution in [0.5, 0.6) is 11.8 Å². The van der Waals surface area contributed by atoms with Gasteiger partial charge in [-0.05, 0) is 81.5 Å². The van der Waals surface area contributed by atoms with Gasteiger partial charge in [-0.25, -0.2) is 19.1 Å². The standard InChI is InChI=1S/C37H34N6O7/c1-4-49-32-29(34(45)42(36(47)40-32)27-15-9-13-25(38)21-27)19-17-23(3)18-20-30-33(50-5-2)41-37(48)43(35(30)46)28-16-10-14-26(22-28)39-31(44)24-11-7-6-8-12-24/h6-22,45H,4-5,38H2,1-3H3,(H,39,44)/b19-17+,23-18+,30-20+. The number of rotatable bonds is 10. The lowest BCUT2D eigenvalue weighted by Crippen LogP contribution is -2.43. The van der Waals surface area contributed by atoms with Crippen molar-refractivity contribution in [1.82, 2.24) is 9.55 Å². The van der Waals surface area contributed by atoms with Crippen molar-refractivity contribution in [3.63, 3.8) is 0 Å². The lowest BCUT2D eigenvalue weighted by Gasteiger charge is -2.25. The van der Waals surface area contributed by atoms with Crippen LogP contribution in [0.25, 0.3) is 11.8 Å². The molecule has 0 saturated heterocycles. The molecule has 254 valence electrons. The second kappa shape index (κ2) is 15.4. The Morgan fingerprint density at radius 1 is 0.940 bits per heavy atom. The Balaban J connectivity index is 1.46. The lowest BCUT2D eigenvalue weighted by atomic mass is 10.1. The minimum absolute atomic E-state index is 0.00709. The molecule has 5 rings (SSSR count). The van der Waals surface area contributed by atoms with Crippen LogP contribution in [0.2, 0.25) is 0 Å². The van der Waals surface area contributed by atoms with E-state index in [0.29, 0.717) is 28.2 Å². The van der Waals surface area contributed by atoms with E-state index in [9.17, 15) is 24.3 Å². The topological polar surface area (TPSA) is 178 Å². The summed E-state index contributed by atoms with van der Waals surface area (Å²) in [5.41, 5.74) is 7.58. The van der Waals surface area contributed by atoms with Gasteiger partial charge in [-0.15, -0.1) is 0 Å². The molecule has 4 amide bonds. The van der Waals surface area contributed by atoms with Crippen molar-refractivity contribution < 1.29 is 29.0 Å². The normalized spacial score (nSPS) is 14.2. The third-order valence-electron chi connectivity index (χ3n) is 7.24. The molecule has 0 fully saturated rings. The molecule has 1 aliphatic rings. The van der Waals surface area contributed by atoms with E-state index in [-0.39, 0.29) is 47.7 Å². The molecule has 13 heteroatoms. The second-order valence-corrected chi connectivity index (χ2v) is 10.8. The zero-order chi connectivity index (χ0) is 35.8. The van der Waals surface area contributed by atoms with E-state index < -0.39 is 23.5 Å². The number of nitrogens with one attached hydrogen (secondary N) is 1. The maximum atomic E-state index is 13.8. The summed E-state index contributed by atoms with van der Waals surface area (Å²) in [7, 11) is 0. The highest BCUT2D eigenvalue weighted by Crippen LogP contribution is 2.29. The minimum Gasteiger partial charge on any atom is -0.494 e. The number of aliphatic imine (C=N–C) groups is 1. The highest BCUT2D eigenvalue weighted by atomic mass is 16.5. The van der Waals surface area contributed by atoms with E-state index in [0.717, 1.165) is 9.47 Å². The monoisotopic (exact) mass is 674 g/mol. The van der Waals surface area contributed by atoms with E-state index >= 15 is 0 Å². The molecule has 4 aromatic rings. The Hall–Kier alpha value is -6.76. The predicted octanol–water partition coefficient (Wildman–Crippen LogP) is 5.66. The number of nitrogens with two attached hydrogens (primary N) is 1. The van der Waals surface area contributed by atoms with Gasteiger partial charge in [0, 0.05) is 16.9 Å². The summed E-state index contributed by atoms with van der Waals surface area (Å²) in [6, 6.07) is 20.5. The number of carbonyl (C=O) groups is 3. The Kier molecular flexibility index (Phi) is 10.7. The number of ether oxygens (including phenoxy) is 2. The summed E-state index contributed by atoms with van der Waals surface area (Å²) in [6.45, 7) is 5.49. The fourth-order valence-electron chi connectivity index (χ4n) is 4.91. The molecular formula is C37H34N6O7. The number of allylic oxidation sites excluding steroid dienone is 4. The number of anilines is 3. The number of hydrogen-bond donors (Lipinski definition) is 3. The first kappa shape index (κ1) is 34.6. The highest BCUT2D eigenvalue weighted by Gasteiger charge is 2.35. The molecule has 13 nitrogen and oxygen atoms in total. The molecular weight excluding hydrogens is 640 g/mol. The van der Waals surface area contributed by atoms with Crippen molar-refractivity contribution in [2.45, 2.75) is 20.8 Å². The van der Waals surface area contributed by atoms with Crippen LogP contribution in [0.1, 0.15) is 36.7 Å². The number of imide groups is 1. The van der Waals surface area contributed by atoms with Crippen LogP contribution in [0.3, 0.4) is 0 Å². The van der Waals surface area contributed by atoms with Gasteiger partial charge >= 0.3 is 11.7 Å². The van der Waals surface area contributed by atoms with Crippen molar-refractivity contribution >= 4 is 46.9 Å². The zero-order valence-corrected chi connectivity index (χ0v) is 27.5. The van der Waals surface area contributed by atoms with E-state index in [1.165, 1.54) is 24.3 Å². The van der Waals surface area contributed by atoms with Crippen LogP contribution >= 0.6 is 0 Å². The molecule has 2 heterocycles. The number of carbonyl (C=O) groups excluding carboxylic acids is 3. The molecule has 1 aromatic heterocycles. The summed E-state index contributed by atoms with van der Waals surface area (Å²) in [5.74, 6) is -1.67. The molecule has 0 spiro atoms. The van der Waals surface area contributed by atoms with Gasteiger partial charge in [0.2, 0.25) is 17.7 Å². The maximum Gasteiger partial charge on any atom is 0.358 e. The van der Waals surface area contributed by atoms with Gasteiger partial charge in [-0.1, -0.05) is 48.1 Å². The summed E-state index contributed by atoms with van der Waals surface area (Å²) in [4.78, 5) is 61.4. The Labute approximate surface area is 287 Å². The number of urea groups is 1. The van der Waals surface area contributed by atoms with Crippen LogP contribution in [0.4, 0.5) is 21.9 Å². The van der Waals surface area contributed by atoms with Gasteiger partial charge in [0.25, 0.3) is 11.8 Å². The van der Waals surface area contributed by atoms with Gasteiger partial charge in [-0.2, -0.15) is 9.98 Å². The van der Waals surface area contributed by atoms with Crippen molar-refractivity contribution in [2.24, 2.45) is 4.99 Å². The molecule has 0 bridgehead atoms. The number of nitrogens with zero attached hydrogens (tertiary/aromatic N) is 4. The Bertz CT molecular complexity index is 2130. The van der Waals surface area contributed by atoms with Crippen LogP contribution in [-0.4, -0.2) is 51.6 Å². The van der Waals surface area contributed by atoms with Gasteiger partial charge in [0.05, 0.1) is 30.2 Å². The molecule has 3 aromatic carbocycles. The molecule has 0 aliphatic carbocycles. The Morgan fingerprint density at radius 2 is 1.66 bits per heavy atom. The summed E-state index contributed by atoms with van der Waals surface area (Å²) < 4.78 is 12.1. The molecule has 0 saturated carbocycles. The maximum absolute atomic E-state index is 13.8. The van der Waals surface area contributed by atoms with E-state index in [2.05, 4.69) is 15.3 Å². The predicted molar refractivity (Wildman–Crippen MR) is 191 cm³/mol. The van der Waals surface area contributed by atoms with Crippen LogP contribution in [-0.2, 0) is 9.53 Å². The van der Waals surface area contributed by atoms with E-state index in [4.69, 9.17) is 15.2 Å². The first-order valence-electron chi connectivity index (χ1n) is 15.6. The molecule has 0 radical (unpaired) electrons. The number of amides is 4. The molecule has 0 unspecified atom stereocenters. The lowest BCUT2D eigenvalue weighted by molar-refractivity contribution is -0.114. The van der Waals surface area contributed by atoms with Crippen LogP contribution in [0, 0.1) is 0 Å². The SMILES string of the molecule is CCOC1=NC(=O)N(c2cccc(NC(=O)c3ccccc3)c2)C(=O)/C1=C/C=C(C)/C=C/c1c(OCC)nc(=O)n(-c2cccc(N)c2)c1O. The van der Waals surface area contributed by atoms with E-state index in [1.807, 2.05) is 0 Å². The fraction of sp³-hybridized carbons (Fsp3) is 0.135. The first-order chi connectivity index (χ1) is 24.1. The number of aromatic hydroxyl groups is 1. The van der Waals surface area contributed by atoms with Crippen LogP contribution < -0.4 is 26.4 Å². The largest absolute Gasteiger partial charge is 0.494 e. The fourth-order valence-corrected chi connectivity index (χ4v) is 4.91. The van der Waals surface area contributed by atoms with Crippen LogP contribution in [0.15, 0.2) is 118 Å². The van der Waals surface area contributed by atoms with E-state index in [1.54, 1.807) is 99.7 Å².